The van der Waals surface area contributed by atoms with Gasteiger partial charge in [-0.15, -0.1) is 5.73 Å². The van der Waals surface area contributed by atoms with Crippen LogP contribution in [0.3, 0.4) is 0 Å². The van der Waals surface area contributed by atoms with Crippen molar-refractivity contribution in [1.29, 1.82) is 0 Å². The zero-order valence-corrected chi connectivity index (χ0v) is 9.34. The molecule has 0 saturated heterocycles. The SMILES string of the molecule is CC=C=C(C(=O)OC)c1ccc(Cl)cc1. The zero-order chi connectivity index (χ0) is 11.3. The van der Waals surface area contributed by atoms with Crippen LogP contribution in [0.4, 0.5) is 0 Å². The van der Waals surface area contributed by atoms with Gasteiger partial charge in [0.15, 0.2) is 0 Å². The third-order valence-electron chi connectivity index (χ3n) is 1.81. The molecule has 1 rings (SSSR count). The topological polar surface area (TPSA) is 26.3 Å². The summed E-state index contributed by atoms with van der Waals surface area (Å²) in [6.45, 7) is 1.79. The Kier molecular flexibility index (Phi) is 4.17. The number of halogens is 1. The van der Waals surface area contributed by atoms with Crippen molar-refractivity contribution in [2.75, 3.05) is 7.11 Å². The molecule has 0 radical (unpaired) electrons. The van der Waals surface area contributed by atoms with Crippen LogP contribution in [0.1, 0.15) is 12.5 Å². The summed E-state index contributed by atoms with van der Waals surface area (Å²) in [7, 11) is 1.34. The van der Waals surface area contributed by atoms with Crippen LogP contribution < -0.4 is 0 Å². The lowest BCUT2D eigenvalue weighted by Gasteiger charge is -2.02. The number of hydrogen-bond donors (Lipinski definition) is 0. The highest BCUT2D eigenvalue weighted by Gasteiger charge is 2.10. The van der Waals surface area contributed by atoms with Crippen molar-refractivity contribution in [2.24, 2.45) is 0 Å². The lowest BCUT2D eigenvalue weighted by molar-refractivity contribution is -0.133. The first-order valence-corrected chi connectivity index (χ1v) is 4.82. The molecule has 0 aliphatic rings. The fourth-order valence-electron chi connectivity index (χ4n) is 1.12. The molecule has 0 spiro atoms. The second-order valence-electron chi connectivity index (χ2n) is 2.81. The highest BCUT2D eigenvalue weighted by Crippen LogP contribution is 2.17. The molecule has 3 heteroatoms. The van der Waals surface area contributed by atoms with Gasteiger partial charge >= 0.3 is 5.97 Å². The Morgan fingerprint density at radius 1 is 1.40 bits per heavy atom. The Bertz CT molecular complexity index is 412. The van der Waals surface area contributed by atoms with Crippen molar-refractivity contribution in [3.05, 3.63) is 46.7 Å². The van der Waals surface area contributed by atoms with E-state index in [4.69, 9.17) is 11.6 Å². The van der Waals surface area contributed by atoms with E-state index >= 15 is 0 Å². The highest BCUT2D eigenvalue weighted by atomic mass is 35.5. The first kappa shape index (κ1) is 11.6. The lowest BCUT2D eigenvalue weighted by Crippen LogP contribution is -2.02. The van der Waals surface area contributed by atoms with Crippen LogP contribution in [0.25, 0.3) is 5.57 Å². The summed E-state index contributed by atoms with van der Waals surface area (Å²) in [5.41, 5.74) is 3.98. The van der Waals surface area contributed by atoms with Crippen molar-refractivity contribution in [3.8, 4) is 0 Å². The molecule has 0 N–H and O–H groups in total. The van der Waals surface area contributed by atoms with Gasteiger partial charge in [-0.3, -0.25) is 0 Å². The van der Waals surface area contributed by atoms with Crippen molar-refractivity contribution in [1.82, 2.24) is 0 Å². The Morgan fingerprint density at radius 2 is 2.00 bits per heavy atom. The molecule has 0 aliphatic carbocycles. The maximum atomic E-state index is 11.4. The van der Waals surface area contributed by atoms with Crippen LogP contribution in [0, 0.1) is 0 Å². The summed E-state index contributed by atoms with van der Waals surface area (Å²) in [5.74, 6) is -0.407. The molecule has 0 fully saturated rings. The normalized spacial score (nSPS) is 9.00. The van der Waals surface area contributed by atoms with Crippen molar-refractivity contribution in [3.63, 3.8) is 0 Å². The molecule has 0 saturated carbocycles. The summed E-state index contributed by atoms with van der Waals surface area (Å²) in [6.07, 6.45) is 1.67. The Morgan fingerprint density at radius 3 is 2.47 bits per heavy atom. The van der Waals surface area contributed by atoms with Crippen LogP contribution in [0.5, 0.6) is 0 Å². The Hall–Kier alpha value is -1.50. The lowest BCUT2D eigenvalue weighted by atomic mass is 10.1. The molecule has 78 valence electrons. The van der Waals surface area contributed by atoms with Gasteiger partial charge in [-0.05, 0) is 30.7 Å². The third-order valence-corrected chi connectivity index (χ3v) is 2.06. The molecule has 2 nitrogen and oxygen atoms in total. The standard InChI is InChI=1S/C12H11ClO2/c1-3-4-11(12(14)15-2)9-5-7-10(13)8-6-9/h3,5-8H,1-2H3. The van der Waals surface area contributed by atoms with Gasteiger partial charge in [0.2, 0.25) is 0 Å². The third kappa shape index (κ3) is 2.98. The number of rotatable bonds is 2. The molecule has 15 heavy (non-hydrogen) atoms. The van der Waals surface area contributed by atoms with Gasteiger partial charge in [0.25, 0.3) is 0 Å². The van der Waals surface area contributed by atoms with E-state index in [1.807, 2.05) is 0 Å². The molecule has 1 aromatic rings. The van der Waals surface area contributed by atoms with E-state index in [1.54, 1.807) is 37.3 Å². The van der Waals surface area contributed by atoms with E-state index < -0.39 is 5.97 Å². The van der Waals surface area contributed by atoms with Gasteiger partial charge in [0.1, 0.15) is 5.57 Å². The van der Waals surface area contributed by atoms with E-state index in [0.717, 1.165) is 5.56 Å². The van der Waals surface area contributed by atoms with Crippen LogP contribution in [0.15, 0.2) is 36.1 Å². The smallest absolute Gasteiger partial charge is 0.346 e. The number of ether oxygens (including phenoxy) is 1. The molecule has 0 heterocycles. The largest absolute Gasteiger partial charge is 0.465 e. The predicted octanol–water partition coefficient (Wildman–Crippen LogP) is 3.07. The predicted molar refractivity (Wildman–Crippen MR) is 60.6 cm³/mol. The van der Waals surface area contributed by atoms with Gasteiger partial charge in [-0.2, -0.15) is 0 Å². The molecule has 0 aliphatic heterocycles. The molecular formula is C12H11ClO2. The first-order chi connectivity index (χ1) is 7.19. The van der Waals surface area contributed by atoms with Crippen LogP contribution in [-0.2, 0) is 9.53 Å². The highest BCUT2D eigenvalue weighted by molar-refractivity contribution is 6.30. The second kappa shape index (κ2) is 5.40. The fraction of sp³-hybridized carbons (Fsp3) is 0.167. The maximum Gasteiger partial charge on any atom is 0.346 e. The quantitative estimate of drug-likeness (QED) is 0.437. The molecule has 1 aromatic carbocycles. The summed E-state index contributed by atoms with van der Waals surface area (Å²) in [6, 6.07) is 6.95. The fourth-order valence-corrected chi connectivity index (χ4v) is 1.25. The monoisotopic (exact) mass is 222 g/mol. The van der Waals surface area contributed by atoms with Gasteiger partial charge in [0.05, 0.1) is 7.11 Å². The number of methoxy groups -OCH3 is 1. The minimum absolute atomic E-state index is 0.400. The van der Waals surface area contributed by atoms with E-state index in [9.17, 15) is 4.79 Å². The summed E-state index contributed by atoms with van der Waals surface area (Å²) < 4.78 is 4.66. The first-order valence-electron chi connectivity index (χ1n) is 4.44. The van der Waals surface area contributed by atoms with E-state index in [2.05, 4.69) is 10.5 Å². The molecule has 0 atom stereocenters. The minimum Gasteiger partial charge on any atom is -0.465 e. The van der Waals surface area contributed by atoms with E-state index in [1.165, 1.54) is 7.11 Å². The average molecular weight is 223 g/mol. The summed E-state index contributed by atoms with van der Waals surface area (Å²) in [5, 5.41) is 0.628. The van der Waals surface area contributed by atoms with Crippen LogP contribution in [-0.4, -0.2) is 13.1 Å². The van der Waals surface area contributed by atoms with Crippen molar-refractivity contribution >= 4 is 23.1 Å². The van der Waals surface area contributed by atoms with Crippen molar-refractivity contribution in [2.45, 2.75) is 6.92 Å². The maximum absolute atomic E-state index is 11.4. The Balaban J connectivity index is 3.17. The van der Waals surface area contributed by atoms with Crippen LogP contribution >= 0.6 is 11.6 Å². The number of carbonyl (C=O) groups excluding carboxylic acids is 1. The van der Waals surface area contributed by atoms with Gasteiger partial charge in [-0.25, -0.2) is 4.79 Å². The van der Waals surface area contributed by atoms with E-state index in [0.29, 0.717) is 10.6 Å². The summed E-state index contributed by atoms with van der Waals surface area (Å²) in [4.78, 5) is 11.4. The van der Waals surface area contributed by atoms with Gasteiger partial charge in [-0.1, -0.05) is 23.7 Å². The number of esters is 1. The van der Waals surface area contributed by atoms with Gasteiger partial charge < -0.3 is 4.74 Å². The van der Waals surface area contributed by atoms with Crippen molar-refractivity contribution < 1.29 is 9.53 Å². The number of carbonyl (C=O) groups is 1. The second-order valence-corrected chi connectivity index (χ2v) is 3.24. The number of benzene rings is 1. The van der Waals surface area contributed by atoms with E-state index in [-0.39, 0.29) is 0 Å². The summed E-state index contributed by atoms with van der Waals surface area (Å²) >= 11 is 5.75. The van der Waals surface area contributed by atoms with Crippen LogP contribution in [0.2, 0.25) is 5.02 Å². The molecule has 0 aromatic heterocycles. The minimum atomic E-state index is -0.407. The average Bonchev–Trinajstić information content (AvgIpc) is 2.26. The van der Waals surface area contributed by atoms with Gasteiger partial charge in [0, 0.05) is 5.02 Å². The zero-order valence-electron chi connectivity index (χ0n) is 8.58. The molecule has 0 unspecified atom stereocenters. The number of hydrogen-bond acceptors (Lipinski definition) is 2. The molecule has 0 amide bonds. The molecular weight excluding hydrogens is 212 g/mol. The molecule has 0 bridgehead atoms. The Labute approximate surface area is 93.8 Å².